The van der Waals surface area contributed by atoms with Crippen molar-refractivity contribution in [2.75, 3.05) is 7.05 Å². The molecular weight excluding hydrogens is 598 g/mol. The van der Waals surface area contributed by atoms with Gasteiger partial charge in [0, 0.05) is 18.3 Å². The second-order valence-electron chi connectivity index (χ2n) is 10.4. The van der Waals surface area contributed by atoms with Crippen molar-refractivity contribution in [3.05, 3.63) is 107 Å². The van der Waals surface area contributed by atoms with Gasteiger partial charge < -0.3 is 20.8 Å². The number of aliphatic hydroxyl groups excluding tert-OH is 1. The minimum atomic E-state index is -4.13. The zero-order chi connectivity index (χ0) is 32.6. The van der Waals surface area contributed by atoms with Gasteiger partial charge >= 0.3 is 12.0 Å². The monoisotopic (exact) mass is 633 g/mol. The van der Waals surface area contributed by atoms with Gasteiger partial charge in [0.2, 0.25) is 0 Å². The normalized spacial score (nSPS) is 12.6. The average molecular weight is 634 g/mol. The van der Waals surface area contributed by atoms with Crippen LogP contribution in [-0.4, -0.2) is 65.5 Å². The van der Waals surface area contributed by atoms with E-state index in [1.807, 2.05) is 29.8 Å². The summed E-state index contributed by atoms with van der Waals surface area (Å²) in [7, 11) is -2.80. The Kier molecular flexibility index (Phi) is 10.7. The van der Waals surface area contributed by atoms with Crippen LogP contribution in [0.3, 0.4) is 0 Å². The number of carboxylic acids is 1. The zero-order valence-corrected chi connectivity index (χ0v) is 25.6. The number of sulfonamides is 1. The van der Waals surface area contributed by atoms with Crippen LogP contribution < -0.4 is 15.4 Å². The topological polar surface area (TPSA) is 180 Å². The summed E-state index contributed by atoms with van der Waals surface area (Å²) < 4.78 is 29.3. The highest BCUT2D eigenvalue weighted by Crippen LogP contribution is 2.28. The second kappa shape index (κ2) is 14.6. The second-order valence-corrected chi connectivity index (χ2v) is 12.0. The molecule has 0 aliphatic carbocycles. The summed E-state index contributed by atoms with van der Waals surface area (Å²) in [5.41, 5.74) is 3.51. The number of benzene rings is 3. The molecule has 0 aliphatic rings. The Hall–Kier alpha value is -5.01. The van der Waals surface area contributed by atoms with E-state index in [4.69, 9.17) is 0 Å². The van der Waals surface area contributed by atoms with E-state index >= 15 is 0 Å². The van der Waals surface area contributed by atoms with Crippen LogP contribution in [0.5, 0.6) is 0 Å². The van der Waals surface area contributed by atoms with Crippen molar-refractivity contribution < 1.29 is 33.0 Å². The van der Waals surface area contributed by atoms with Gasteiger partial charge in [-0.2, -0.15) is 5.10 Å². The Labute approximate surface area is 261 Å². The SMILES string of the molecule is CCCc1cc(C(=O)N[C@H](Cc2ccccc2)[C@@H](O)C(=O)O)nn1Cc1ccc(-c2ccccc2S(=O)(=O)NC(=O)NC)cc1. The number of hydrogen-bond acceptors (Lipinski definition) is 7. The van der Waals surface area contributed by atoms with Crippen molar-refractivity contribution in [1.82, 2.24) is 25.1 Å². The van der Waals surface area contributed by atoms with E-state index in [0.717, 1.165) is 23.2 Å². The summed E-state index contributed by atoms with van der Waals surface area (Å²) in [5, 5.41) is 29.1. The molecule has 0 aliphatic heterocycles. The van der Waals surface area contributed by atoms with Crippen molar-refractivity contribution in [2.45, 2.75) is 49.8 Å². The molecule has 3 aromatic carbocycles. The summed E-state index contributed by atoms with van der Waals surface area (Å²) in [6.07, 6.45) is -0.284. The first-order valence-corrected chi connectivity index (χ1v) is 15.8. The Morgan fingerprint density at radius 1 is 0.933 bits per heavy atom. The Bertz CT molecular complexity index is 1760. The number of aromatic nitrogens is 2. The maximum Gasteiger partial charge on any atom is 0.334 e. The lowest BCUT2D eigenvalue weighted by atomic mass is 10.0. The lowest BCUT2D eigenvalue weighted by Crippen LogP contribution is -2.48. The van der Waals surface area contributed by atoms with Crippen LogP contribution in [0.15, 0.2) is 89.8 Å². The number of urea groups is 1. The molecule has 1 aromatic heterocycles. The number of aliphatic carboxylic acids is 1. The summed E-state index contributed by atoms with van der Waals surface area (Å²) in [6, 6.07) is 22.2. The van der Waals surface area contributed by atoms with E-state index < -0.39 is 40.1 Å². The number of aryl methyl sites for hydroxylation is 1. The highest BCUT2D eigenvalue weighted by Gasteiger charge is 2.29. The van der Waals surface area contributed by atoms with Gasteiger partial charge in [-0.3, -0.25) is 9.48 Å². The van der Waals surface area contributed by atoms with Crippen molar-refractivity contribution in [3.63, 3.8) is 0 Å². The molecule has 2 atom stereocenters. The number of carbonyl (C=O) groups excluding carboxylic acids is 2. The first-order chi connectivity index (χ1) is 21.5. The predicted molar refractivity (Wildman–Crippen MR) is 167 cm³/mol. The van der Waals surface area contributed by atoms with Crippen LogP contribution in [0, 0.1) is 0 Å². The number of carboxylic acid groups (broad SMARTS) is 1. The number of rotatable bonds is 13. The quantitative estimate of drug-likeness (QED) is 0.149. The first-order valence-electron chi connectivity index (χ1n) is 14.3. The molecule has 0 fully saturated rings. The van der Waals surface area contributed by atoms with Crippen LogP contribution in [0.25, 0.3) is 11.1 Å². The molecule has 13 heteroatoms. The van der Waals surface area contributed by atoms with Crippen molar-refractivity contribution in [3.8, 4) is 11.1 Å². The summed E-state index contributed by atoms with van der Waals surface area (Å²) >= 11 is 0. The molecule has 3 amide bonds. The van der Waals surface area contributed by atoms with Crippen molar-refractivity contribution in [2.24, 2.45) is 0 Å². The molecule has 45 heavy (non-hydrogen) atoms. The average Bonchev–Trinajstić information content (AvgIpc) is 3.43. The molecule has 0 bridgehead atoms. The lowest BCUT2D eigenvalue weighted by molar-refractivity contribution is -0.148. The van der Waals surface area contributed by atoms with Gasteiger partial charge in [0.1, 0.15) is 5.69 Å². The van der Waals surface area contributed by atoms with Crippen molar-refractivity contribution in [1.29, 1.82) is 0 Å². The molecule has 1 heterocycles. The molecule has 12 nitrogen and oxygen atoms in total. The number of hydrogen-bond donors (Lipinski definition) is 5. The maximum atomic E-state index is 13.2. The van der Waals surface area contributed by atoms with E-state index in [0.29, 0.717) is 24.1 Å². The number of carbonyl (C=O) groups is 3. The molecule has 0 saturated carbocycles. The van der Waals surface area contributed by atoms with Gasteiger partial charge in [0.05, 0.1) is 17.5 Å². The van der Waals surface area contributed by atoms with E-state index in [9.17, 15) is 33.0 Å². The Morgan fingerprint density at radius 2 is 1.60 bits per heavy atom. The minimum absolute atomic E-state index is 0.0482. The first kappa shape index (κ1) is 32.9. The molecule has 0 radical (unpaired) electrons. The number of nitrogens with one attached hydrogen (secondary N) is 3. The Morgan fingerprint density at radius 3 is 2.24 bits per heavy atom. The molecule has 4 rings (SSSR count). The summed E-state index contributed by atoms with van der Waals surface area (Å²) in [6.45, 7) is 2.31. The van der Waals surface area contributed by atoms with Crippen LogP contribution in [0.2, 0.25) is 0 Å². The minimum Gasteiger partial charge on any atom is -0.479 e. The van der Waals surface area contributed by atoms with E-state index in [1.54, 1.807) is 65.3 Å². The van der Waals surface area contributed by atoms with Gasteiger partial charge in [0.25, 0.3) is 15.9 Å². The Balaban J connectivity index is 1.55. The molecule has 0 saturated heterocycles. The highest BCUT2D eigenvalue weighted by molar-refractivity contribution is 7.90. The van der Waals surface area contributed by atoms with Crippen LogP contribution >= 0.6 is 0 Å². The summed E-state index contributed by atoms with van der Waals surface area (Å²) in [4.78, 5) is 36.4. The maximum absolute atomic E-state index is 13.2. The molecule has 0 spiro atoms. The van der Waals surface area contributed by atoms with Gasteiger partial charge in [-0.25, -0.2) is 22.7 Å². The van der Waals surface area contributed by atoms with Crippen LogP contribution in [0.4, 0.5) is 4.79 Å². The molecule has 5 N–H and O–H groups in total. The zero-order valence-electron chi connectivity index (χ0n) is 24.8. The molecule has 0 unspecified atom stereocenters. The van der Waals surface area contributed by atoms with Gasteiger partial charge in [0.15, 0.2) is 6.10 Å². The van der Waals surface area contributed by atoms with E-state index in [2.05, 4.69) is 15.7 Å². The smallest absolute Gasteiger partial charge is 0.334 e. The van der Waals surface area contributed by atoms with Gasteiger partial charge in [-0.1, -0.05) is 86.1 Å². The molecular formula is C32H35N5O7S. The molecule has 236 valence electrons. The van der Waals surface area contributed by atoms with E-state index in [-0.39, 0.29) is 17.0 Å². The van der Waals surface area contributed by atoms with Gasteiger partial charge in [-0.05, 0) is 41.7 Å². The van der Waals surface area contributed by atoms with Crippen LogP contribution in [0.1, 0.15) is 40.7 Å². The third kappa shape index (κ3) is 8.34. The summed E-state index contributed by atoms with van der Waals surface area (Å²) in [5.74, 6) is -2.05. The standard InChI is InChI=1S/C32H35N5O7S/c1-3-9-24-19-27(30(39)34-26(29(38)31(40)41)18-21-10-5-4-6-11-21)35-37(24)20-22-14-16-23(17-15-22)25-12-7-8-13-28(25)45(43,44)36-32(42)33-2/h4-8,10-17,19,26,29,38H,3,9,18,20H2,1-2H3,(H,34,39)(H,40,41)(H2,33,36,42)/t26-,29-/m1/s1. The van der Waals surface area contributed by atoms with Gasteiger partial charge in [-0.15, -0.1) is 0 Å². The lowest BCUT2D eigenvalue weighted by Gasteiger charge is -2.21. The fourth-order valence-electron chi connectivity index (χ4n) is 4.81. The fraction of sp³-hybridized carbons (Fsp3) is 0.250. The van der Waals surface area contributed by atoms with Crippen molar-refractivity contribution >= 4 is 27.9 Å². The number of nitrogens with zero attached hydrogens (tertiary/aromatic N) is 2. The van der Waals surface area contributed by atoms with E-state index in [1.165, 1.54) is 13.1 Å². The van der Waals surface area contributed by atoms with Crippen LogP contribution in [-0.2, 0) is 34.2 Å². The predicted octanol–water partition coefficient (Wildman–Crippen LogP) is 2.96. The largest absolute Gasteiger partial charge is 0.479 e. The number of amides is 3. The highest BCUT2D eigenvalue weighted by atomic mass is 32.2. The number of aliphatic hydroxyl groups is 1. The molecule has 4 aromatic rings. The third-order valence-electron chi connectivity index (χ3n) is 7.08. The third-order valence-corrected chi connectivity index (χ3v) is 8.47. The fourth-order valence-corrected chi connectivity index (χ4v) is 6.00.